The fourth-order valence-electron chi connectivity index (χ4n) is 1.23. The van der Waals surface area contributed by atoms with Gasteiger partial charge < -0.3 is 5.11 Å². The van der Waals surface area contributed by atoms with Crippen LogP contribution in [0, 0.1) is 0 Å². The van der Waals surface area contributed by atoms with Crippen LogP contribution in [0.15, 0.2) is 0 Å². The first kappa shape index (κ1) is 16.5. The number of rotatable bonds is 8. The third kappa shape index (κ3) is 15.8. The zero-order chi connectivity index (χ0) is 9.23. The van der Waals surface area contributed by atoms with Crippen LogP contribution in [0.2, 0.25) is 0 Å². The van der Waals surface area contributed by atoms with Gasteiger partial charge in [-0.1, -0.05) is 45.4 Å². The Labute approximate surface area is 124 Å². The molecule has 0 aromatic rings. The third-order valence-corrected chi connectivity index (χ3v) is 1.99. The summed E-state index contributed by atoms with van der Waals surface area (Å²) >= 11 is 0. The molecule has 0 saturated heterocycles. The van der Waals surface area contributed by atoms with Crippen molar-refractivity contribution in [2.24, 2.45) is 0 Å². The van der Waals surface area contributed by atoms with E-state index in [1.165, 1.54) is 32.1 Å². The molecule has 2 nitrogen and oxygen atoms in total. The summed E-state index contributed by atoms with van der Waals surface area (Å²) in [5.74, 6) is -0.663. The van der Waals surface area contributed by atoms with Gasteiger partial charge in [0.05, 0.1) is 0 Å². The van der Waals surface area contributed by atoms with Gasteiger partial charge in [0, 0.05) is 57.8 Å². The van der Waals surface area contributed by atoms with Crippen molar-refractivity contribution in [2.45, 2.75) is 58.3 Å². The maximum atomic E-state index is 10.1. The first-order valence-corrected chi connectivity index (χ1v) is 4.99. The second-order valence-corrected chi connectivity index (χ2v) is 3.27. The summed E-state index contributed by atoms with van der Waals surface area (Å²) in [6.45, 7) is 2.20. The fraction of sp³-hybridized carbons (Fsp3) is 0.900. The molecule has 0 amide bonds. The number of carboxylic acid groups (broad SMARTS) is 1. The number of hydrogen-bond donors (Lipinski definition) is 1. The van der Waals surface area contributed by atoms with Crippen LogP contribution in [-0.2, 0) is 4.79 Å². The molecule has 1 radical (unpaired) electrons. The summed E-state index contributed by atoms with van der Waals surface area (Å²) in [5, 5.41) is 8.35. The molecule has 0 bridgehead atoms. The molecule has 73 valence electrons. The maximum absolute atomic E-state index is 10.1. The van der Waals surface area contributed by atoms with Gasteiger partial charge in [-0.2, -0.15) is 0 Å². The van der Waals surface area contributed by atoms with E-state index in [0.29, 0.717) is 6.42 Å². The Morgan fingerprint density at radius 1 is 1.00 bits per heavy atom. The largest absolute Gasteiger partial charge is 0.481 e. The number of hydrogen-bond acceptors (Lipinski definition) is 1. The molecule has 0 aliphatic carbocycles. The summed E-state index contributed by atoms with van der Waals surface area (Å²) in [7, 11) is 0. The number of carboxylic acids is 1. The Bertz CT molecular complexity index is 115. The van der Waals surface area contributed by atoms with E-state index in [4.69, 9.17) is 5.11 Å². The van der Waals surface area contributed by atoms with E-state index in [1.54, 1.807) is 0 Å². The molecule has 0 rings (SSSR count). The molecule has 1 N–H and O–H groups in total. The van der Waals surface area contributed by atoms with Crippen LogP contribution in [0.5, 0.6) is 0 Å². The van der Waals surface area contributed by atoms with E-state index in [9.17, 15) is 4.79 Å². The van der Waals surface area contributed by atoms with Gasteiger partial charge >= 0.3 is 5.97 Å². The molecule has 0 aromatic heterocycles. The van der Waals surface area contributed by atoms with Crippen molar-refractivity contribution in [1.29, 1.82) is 0 Å². The van der Waals surface area contributed by atoms with Crippen molar-refractivity contribution < 1.29 is 9.90 Å². The summed E-state index contributed by atoms with van der Waals surface area (Å²) in [6, 6.07) is 0. The second-order valence-electron chi connectivity index (χ2n) is 3.27. The van der Waals surface area contributed by atoms with E-state index >= 15 is 0 Å². The molecular formula is C10H20KO2. The molecule has 0 unspecified atom stereocenters. The Morgan fingerprint density at radius 3 is 1.92 bits per heavy atom. The first-order valence-electron chi connectivity index (χ1n) is 4.99. The van der Waals surface area contributed by atoms with Gasteiger partial charge in [0.25, 0.3) is 0 Å². The van der Waals surface area contributed by atoms with Crippen LogP contribution in [0.1, 0.15) is 58.3 Å². The van der Waals surface area contributed by atoms with Crippen molar-refractivity contribution in [1.82, 2.24) is 0 Å². The Kier molecular flexibility index (Phi) is 16.7. The third-order valence-electron chi connectivity index (χ3n) is 1.99. The molecule has 0 aliphatic heterocycles. The average Bonchev–Trinajstić information content (AvgIpc) is 2.02. The molecule has 0 atom stereocenters. The van der Waals surface area contributed by atoms with E-state index < -0.39 is 5.97 Å². The van der Waals surface area contributed by atoms with Crippen molar-refractivity contribution >= 4 is 57.4 Å². The van der Waals surface area contributed by atoms with E-state index in [2.05, 4.69) is 6.92 Å². The van der Waals surface area contributed by atoms with Crippen LogP contribution in [0.25, 0.3) is 0 Å². The normalized spacial score (nSPS) is 9.31. The minimum absolute atomic E-state index is 0. The van der Waals surface area contributed by atoms with Crippen LogP contribution >= 0.6 is 0 Å². The number of carbonyl (C=O) groups is 1. The summed E-state index contributed by atoms with van der Waals surface area (Å²) in [4.78, 5) is 10.1. The van der Waals surface area contributed by atoms with Gasteiger partial charge in [-0.3, -0.25) is 4.79 Å². The van der Waals surface area contributed by atoms with E-state index in [0.717, 1.165) is 12.8 Å². The molecule has 13 heavy (non-hydrogen) atoms. The smallest absolute Gasteiger partial charge is 0.303 e. The Hall–Kier alpha value is 1.11. The molecule has 0 fully saturated rings. The summed E-state index contributed by atoms with van der Waals surface area (Å²) in [6.07, 6.45) is 8.64. The van der Waals surface area contributed by atoms with Gasteiger partial charge in [0.1, 0.15) is 0 Å². The second kappa shape index (κ2) is 13.1. The molecule has 0 aromatic carbocycles. The number of aliphatic carboxylic acids is 1. The van der Waals surface area contributed by atoms with Gasteiger partial charge in [-0.15, -0.1) is 0 Å². The zero-order valence-corrected chi connectivity index (χ0v) is 12.1. The van der Waals surface area contributed by atoms with Gasteiger partial charge in [-0.05, 0) is 6.42 Å². The molecule has 3 heteroatoms. The monoisotopic (exact) mass is 211 g/mol. The van der Waals surface area contributed by atoms with Crippen molar-refractivity contribution in [3.05, 3.63) is 0 Å². The first-order chi connectivity index (χ1) is 5.77. The quantitative estimate of drug-likeness (QED) is 0.495. The standard InChI is InChI=1S/C10H20O2.K/c1-2-3-4-5-6-7-8-9-10(11)12;/h2-9H2,1H3,(H,11,12);. The molecule has 0 aliphatic rings. The van der Waals surface area contributed by atoms with Crippen LogP contribution < -0.4 is 0 Å². The topological polar surface area (TPSA) is 37.3 Å². The van der Waals surface area contributed by atoms with Crippen molar-refractivity contribution in [2.75, 3.05) is 0 Å². The predicted octanol–water partition coefficient (Wildman–Crippen LogP) is 2.83. The van der Waals surface area contributed by atoms with E-state index in [-0.39, 0.29) is 51.4 Å². The van der Waals surface area contributed by atoms with Crippen LogP contribution in [-0.4, -0.2) is 62.5 Å². The van der Waals surface area contributed by atoms with Crippen LogP contribution in [0.4, 0.5) is 0 Å². The molecule has 0 spiro atoms. The minimum atomic E-state index is -0.663. The fourth-order valence-corrected chi connectivity index (χ4v) is 1.23. The Morgan fingerprint density at radius 2 is 1.46 bits per heavy atom. The zero-order valence-electron chi connectivity index (χ0n) is 9.01. The minimum Gasteiger partial charge on any atom is -0.481 e. The van der Waals surface area contributed by atoms with Gasteiger partial charge in [0.15, 0.2) is 0 Å². The summed E-state index contributed by atoms with van der Waals surface area (Å²) in [5.41, 5.74) is 0. The Balaban J connectivity index is 0. The summed E-state index contributed by atoms with van der Waals surface area (Å²) < 4.78 is 0. The predicted molar refractivity (Wildman–Crippen MR) is 56.0 cm³/mol. The van der Waals surface area contributed by atoms with Crippen LogP contribution in [0.3, 0.4) is 0 Å². The SMILES string of the molecule is CCCCCCCCCC(=O)O.[K]. The van der Waals surface area contributed by atoms with Gasteiger partial charge in [0.2, 0.25) is 0 Å². The van der Waals surface area contributed by atoms with Gasteiger partial charge in [-0.25, -0.2) is 0 Å². The van der Waals surface area contributed by atoms with E-state index in [1.807, 2.05) is 0 Å². The molecular weight excluding hydrogens is 191 g/mol. The number of unbranched alkanes of at least 4 members (excludes halogenated alkanes) is 6. The molecule has 0 saturated carbocycles. The average molecular weight is 211 g/mol. The maximum Gasteiger partial charge on any atom is 0.303 e. The van der Waals surface area contributed by atoms with Crippen molar-refractivity contribution in [3.63, 3.8) is 0 Å². The molecule has 0 heterocycles. The van der Waals surface area contributed by atoms with Crippen molar-refractivity contribution in [3.8, 4) is 0 Å².